The number of nitrogens with zero attached hydrogens (tertiary/aromatic N) is 3. The molecule has 3 aliphatic rings. The Bertz CT molecular complexity index is 666. The summed E-state index contributed by atoms with van der Waals surface area (Å²) < 4.78 is 11.4. The van der Waals surface area contributed by atoms with Gasteiger partial charge in [-0.25, -0.2) is 9.97 Å². The summed E-state index contributed by atoms with van der Waals surface area (Å²) in [4.78, 5) is 11.3. The summed E-state index contributed by atoms with van der Waals surface area (Å²) in [5.74, 6) is 1.47. The van der Waals surface area contributed by atoms with Crippen molar-refractivity contribution < 1.29 is 9.47 Å². The minimum atomic E-state index is 0.231. The van der Waals surface area contributed by atoms with Gasteiger partial charge in [-0.3, -0.25) is 4.90 Å². The smallest absolute Gasteiger partial charge is 0.316 e. The number of piperidine rings is 3. The van der Waals surface area contributed by atoms with E-state index in [1.54, 1.807) is 7.11 Å². The van der Waals surface area contributed by atoms with Gasteiger partial charge in [0.15, 0.2) is 0 Å². The molecule has 23 heavy (non-hydrogen) atoms. The van der Waals surface area contributed by atoms with Gasteiger partial charge in [-0.2, -0.15) is 0 Å². The number of aromatic nitrogens is 2. The van der Waals surface area contributed by atoms with E-state index in [-0.39, 0.29) is 6.10 Å². The minimum absolute atomic E-state index is 0.231. The Hall–Kier alpha value is -2.14. The summed E-state index contributed by atoms with van der Waals surface area (Å²) in [5.41, 5.74) is 1.92. The first-order valence-corrected chi connectivity index (χ1v) is 8.18. The van der Waals surface area contributed by atoms with Crippen LogP contribution in [0.1, 0.15) is 12.8 Å². The molecule has 1 atom stereocenters. The Kier molecular flexibility index (Phi) is 3.87. The largest absolute Gasteiger partial charge is 0.496 e. The normalized spacial score (nSPS) is 26.0. The lowest BCUT2D eigenvalue weighted by Crippen LogP contribution is -2.52. The van der Waals surface area contributed by atoms with Gasteiger partial charge in [-0.15, -0.1) is 0 Å². The van der Waals surface area contributed by atoms with Crippen LogP contribution in [-0.4, -0.2) is 47.7 Å². The molecule has 0 N–H and O–H groups in total. The maximum Gasteiger partial charge on any atom is 0.316 e. The van der Waals surface area contributed by atoms with E-state index in [9.17, 15) is 0 Å². The van der Waals surface area contributed by atoms with Crippen molar-refractivity contribution in [3.8, 4) is 22.9 Å². The van der Waals surface area contributed by atoms with Crippen molar-refractivity contribution in [2.45, 2.75) is 18.9 Å². The molecule has 1 aromatic carbocycles. The van der Waals surface area contributed by atoms with Gasteiger partial charge >= 0.3 is 6.01 Å². The number of hydrogen-bond donors (Lipinski definition) is 0. The molecule has 4 heterocycles. The van der Waals surface area contributed by atoms with E-state index in [0.29, 0.717) is 11.9 Å². The van der Waals surface area contributed by atoms with Gasteiger partial charge in [0.25, 0.3) is 0 Å². The SMILES string of the molecule is COc1ccccc1-c1cnc(OC2CN3CCC2CC3)nc1. The highest BCUT2D eigenvalue weighted by molar-refractivity contribution is 5.68. The number of fused-ring (bicyclic) bond motifs is 3. The summed E-state index contributed by atoms with van der Waals surface area (Å²) in [5, 5.41) is 0. The molecular formula is C18H21N3O2. The second kappa shape index (κ2) is 6.16. The first-order valence-electron chi connectivity index (χ1n) is 8.18. The fourth-order valence-electron chi connectivity index (χ4n) is 3.58. The van der Waals surface area contributed by atoms with Crippen LogP contribution in [0, 0.1) is 5.92 Å². The van der Waals surface area contributed by atoms with Crippen LogP contribution < -0.4 is 9.47 Å². The zero-order valence-corrected chi connectivity index (χ0v) is 13.3. The van der Waals surface area contributed by atoms with E-state index in [1.165, 1.54) is 25.9 Å². The van der Waals surface area contributed by atoms with Gasteiger partial charge in [0, 0.05) is 30.1 Å². The molecule has 0 spiro atoms. The molecule has 5 heteroatoms. The summed E-state index contributed by atoms with van der Waals surface area (Å²) in [6.45, 7) is 3.42. The van der Waals surface area contributed by atoms with Crippen LogP contribution in [-0.2, 0) is 0 Å². The molecule has 5 rings (SSSR count). The highest BCUT2D eigenvalue weighted by atomic mass is 16.5. The van der Waals surface area contributed by atoms with E-state index < -0.39 is 0 Å². The van der Waals surface area contributed by atoms with Gasteiger partial charge in [0.2, 0.25) is 0 Å². The lowest BCUT2D eigenvalue weighted by atomic mass is 9.86. The van der Waals surface area contributed by atoms with Gasteiger partial charge in [0.1, 0.15) is 11.9 Å². The second-order valence-corrected chi connectivity index (χ2v) is 6.25. The third kappa shape index (κ3) is 2.88. The highest BCUT2D eigenvalue weighted by Crippen LogP contribution is 2.31. The predicted octanol–water partition coefficient (Wildman–Crippen LogP) is 2.63. The maximum atomic E-state index is 6.04. The first kappa shape index (κ1) is 14.5. The van der Waals surface area contributed by atoms with Gasteiger partial charge < -0.3 is 9.47 Å². The Labute approximate surface area is 136 Å². The van der Waals surface area contributed by atoms with E-state index in [0.717, 1.165) is 23.4 Å². The minimum Gasteiger partial charge on any atom is -0.496 e. The lowest BCUT2D eigenvalue weighted by Gasteiger charge is -2.43. The number of benzene rings is 1. The number of rotatable bonds is 4. The topological polar surface area (TPSA) is 47.5 Å². The highest BCUT2D eigenvalue weighted by Gasteiger charge is 2.35. The van der Waals surface area contributed by atoms with Crippen molar-refractivity contribution in [2.75, 3.05) is 26.7 Å². The van der Waals surface area contributed by atoms with Crippen LogP contribution in [0.5, 0.6) is 11.8 Å². The van der Waals surface area contributed by atoms with Crippen molar-refractivity contribution in [2.24, 2.45) is 5.92 Å². The molecule has 5 nitrogen and oxygen atoms in total. The molecule has 2 aromatic rings. The third-order valence-corrected chi connectivity index (χ3v) is 4.90. The van der Waals surface area contributed by atoms with Crippen molar-refractivity contribution in [1.29, 1.82) is 0 Å². The van der Waals surface area contributed by atoms with Crippen molar-refractivity contribution in [1.82, 2.24) is 14.9 Å². The lowest BCUT2D eigenvalue weighted by molar-refractivity contribution is -0.0123. The van der Waals surface area contributed by atoms with E-state index >= 15 is 0 Å². The molecule has 3 fully saturated rings. The molecule has 0 aliphatic carbocycles. The Morgan fingerprint density at radius 3 is 2.48 bits per heavy atom. The standard InChI is InChI=1S/C18H21N3O2/c1-22-16-5-3-2-4-15(16)14-10-19-18(20-11-14)23-17-12-21-8-6-13(17)7-9-21/h2-5,10-11,13,17H,6-9,12H2,1H3. The van der Waals surface area contributed by atoms with Crippen molar-refractivity contribution in [3.05, 3.63) is 36.7 Å². The zero-order chi connectivity index (χ0) is 15.6. The first-order chi connectivity index (χ1) is 11.3. The van der Waals surface area contributed by atoms with Crippen LogP contribution in [0.15, 0.2) is 36.7 Å². The van der Waals surface area contributed by atoms with E-state index in [2.05, 4.69) is 14.9 Å². The van der Waals surface area contributed by atoms with Crippen LogP contribution in [0.25, 0.3) is 11.1 Å². The van der Waals surface area contributed by atoms with Crippen LogP contribution >= 0.6 is 0 Å². The molecule has 3 aliphatic heterocycles. The summed E-state index contributed by atoms with van der Waals surface area (Å²) >= 11 is 0. The number of ether oxygens (including phenoxy) is 2. The molecule has 120 valence electrons. The summed E-state index contributed by atoms with van der Waals surface area (Å²) in [6.07, 6.45) is 6.30. The molecule has 1 aromatic heterocycles. The predicted molar refractivity (Wildman–Crippen MR) is 87.6 cm³/mol. The van der Waals surface area contributed by atoms with Crippen LogP contribution in [0.4, 0.5) is 0 Å². The Morgan fingerprint density at radius 2 is 1.83 bits per heavy atom. The zero-order valence-electron chi connectivity index (χ0n) is 13.3. The molecular weight excluding hydrogens is 290 g/mol. The Morgan fingerprint density at radius 1 is 1.09 bits per heavy atom. The average Bonchev–Trinajstić information content (AvgIpc) is 2.63. The molecule has 3 saturated heterocycles. The average molecular weight is 311 g/mol. The molecule has 0 radical (unpaired) electrons. The van der Waals surface area contributed by atoms with E-state index in [1.807, 2.05) is 36.7 Å². The van der Waals surface area contributed by atoms with Crippen molar-refractivity contribution >= 4 is 0 Å². The summed E-state index contributed by atoms with van der Waals surface area (Å²) in [6, 6.07) is 8.35. The van der Waals surface area contributed by atoms with Crippen LogP contribution in [0.3, 0.4) is 0 Å². The monoisotopic (exact) mass is 311 g/mol. The fourth-order valence-corrected chi connectivity index (χ4v) is 3.58. The quantitative estimate of drug-likeness (QED) is 0.868. The van der Waals surface area contributed by atoms with Gasteiger partial charge in [-0.1, -0.05) is 18.2 Å². The number of para-hydroxylation sites is 1. The third-order valence-electron chi connectivity index (χ3n) is 4.90. The molecule has 0 amide bonds. The molecule has 0 saturated carbocycles. The van der Waals surface area contributed by atoms with Gasteiger partial charge in [0.05, 0.1) is 7.11 Å². The van der Waals surface area contributed by atoms with Gasteiger partial charge in [-0.05, 0) is 37.9 Å². The maximum absolute atomic E-state index is 6.04. The van der Waals surface area contributed by atoms with Crippen LogP contribution in [0.2, 0.25) is 0 Å². The second-order valence-electron chi connectivity index (χ2n) is 6.25. The van der Waals surface area contributed by atoms with Crippen molar-refractivity contribution in [3.63, 3.8) is 0 Å². The number of hydrogen-bond acceptors (Lipinski definition) is 5. The molecule has 2 bridgehead atoms. The fraction of sp³-hybridized carbons (Fsp3) is 0.444. The van der Waals surface area contributed by atoms with E-state index in [4.69, 9.17) is 9.47 Å². The summed E-state index contributed by atoms with van der Waals surface area (Å²) in [7, 11) is 1.67. The number of methoxy groups -OCH3 is 1. The Balaban J connectivity index is 1.50. The molecule has 1 unspecified atom stereocenters.